The summed E-state index contributed by atoms with van der Waals surface area (Å²) < 4.78 is 120. The average molecular weight is 1430 g/mol. The lowest BCUT2D eigenvalue weighted by Crippen LogP contribution is -2.64. The molecule has 0 rings (SSSR count). The van der Waals surface area contributed by atoms with Crippen LogP contribution in [0, 0.1) is 0 Å². The molecule has 0 N–H and O–H groups in total. The van der Waals surface area contributed by atoms with Crippen LogP contribution >= 0.6 is 0 Å². The summed E-state index contributed by atoms with van der Waals surface area (Å²) in [6.07, 6.45) is 4.50. The van der Waals surface area contributed by atoms with E-state index in [2.05, 4.69) is 166 Å². The number of rotatable bonds is 64. The molecule has 26 heteroatoms. The summed E-state index contributed by atoms with van der Waals surface area (Å²) in [6, 6.07) is 12.5. The summed E-state index contributed by atoms with van der Waals surface area (Å²) in [5, 5.41) is 0. The van der Waals surface area contributed by atoms with Crippen LogP contribution in [0.2, 0.25) is 96.7 Å². The second kappa shape index (κ2) is 53.9. The van der Waals surface area contributed by atoms with Gasteiger partial charge in [-0.1, -0.05) is 83.1 Å². The van der Waals surface area contributed by atoms with Crippen LogP contribution in [0.4, 0.5) is 0 Å². The first-order chi connectivity index (χ1) is 42.9. The van der Waals surface area contributed by atoms with Crippen LogP contribution in [0.25, 0.3) is 0 Å². The Morgan fingerprint density at radius 3 is 0.511 bits per heavy atom. The summed E-state index contributed by atoms with van der Waals surface area (Å²) in [5.74, 6) is 0. The van der Waals surface area contributed by atoms with Crippen molar-refractivity contribution in [2.45, 2.75) is 313 Å². The minimum absolute atomic E-state index is 0.121. The maximum absolute atomic E-state index is 7.65. The number of hydrogen-bond acceptors (Lipinski definition) is 18. The van der Waals surface area contributed by atoms with Crippen molar-refractivity contribution in [3.05, 3.63) is 0 Å². The van der Waals surface area contributed by atoms with Crippen molar-refractivity contribution in [1.82, 2.24) is 0 Å². The Kier molecular flexibility index (Phi) is 55.8. The van der Waals surface area contributed by atoms with Crippen molar-refractivity contribution in [3.8, 4) is 0 Å². The fourth-order valence-corrected chi connectivity index (χ4v) is 51.6. The molecule has 8 unspecified atom stereocenters. The van der Waals surface area contributed by atoms with Crippen LogP contribution in [-0.4, -0.2) is 199 Å². The SMILES string of the molecule is CCCOCC[Si](CC)(OCC)O[Si](CC)(CCOCCC)O[Si](CC)(CCOCCC)O[Si](CC)(CCOCCC)OCC.CCO[Si](CC)(CCOC(C)C)O[Si](CC)(CCOC(C)C)O[Si](CC)(CCOC(C)C)O[Si](CC)(CCOC(C)C)OCC. The second-order valence-corrected chi connectivity index (χ2v) is 54.9. The Morgan fingerprint density at radius 2 is 0.356 bits per heavy atom. The smallest absolute Gasteiger partial charge is 0.331 e. The monoisotopic (exact) mass is 1430 g/mol. The van der Waals surface area contributed by atoms with Crippen LogP contribution < -0.4 is 0 Å². The first-order valence-corrected chi connectivity index (χ1v) is 54.3. The van der Waals surface area contributed by atoms with Crippen molar-refractivity contribution in [2.75, 3.05) is 106 Å². The highest BCUT2D eigenvalue weighted by molar-refractivity contribution is 6.91. The van der Waals surface area contributed by atoms with Crippen molar-refractivity contribution < 1.29 is 80.3 Å². The molecular formula is C64H148O18Si8. The van der Waals surface area contributed by atoms with E-state index in [1.165, 1.54) is 0 Å². The van der Waals surface area contributed by atoms with E-state index in [-0.39, 0.29) is 24.4 Å². The predicted octanol–water partition coefficient (Wildman–Crippen LogP) is 17.3. The van der Waals surface area contributed by atoms with Gasteiger partial charge >= 0.3 is 68.5 Å². The Labute approximate surface area is 564 Å². The standard InChI is InChI=1S/2C32H74O9Si4/c1-15-37-42(17-3,25-21-33-29(7)8)39-44(19-5,27-23-35-31(11)12)41-45(20-6,28-24-36-32(13)14)40-43(18-4,38-16-2)26-22-34-30(9)10;1-11-21-33-25-29-42(17-7,37-15-5)39-44(19-9,31-27-35-23-13-3)41-45(20-10,32-28-36-24-14-4)40-43(18-8,38-16-6)30-26-34-22-12-2/h29-32H,15-28H2,1-14H3;11-32H2,1-10H3. The fraction of sp³-hybridized carbons (Fsp3) is 1.00. The molecule has 0 aliphatic carbocycles. The van der Waals surface area contributed by atoms with Gasteiger partial charge in [0.05, 0.1) is 24.4 Å². The van der Waals surface area contributed by atoms with E-state index in [9.17, 15) is 0 Å². The summed E-state index contributed by atoms with van der Waals surface area (Å²) in [4.78, 5) is 0. The van der Waals surface area contributed by atoms with E-state index < -0.39 is 68.5 Å². The molecule has 0 saturated carbocycles. The first-order valence-electron chi connectivity index (χ1n) is 36.4. The largest absolute Gasteiger partial charge is 0.415 e. The van der Waals surface area contributed by atoms with E-state index in [0.717, 1.165) is 137 Å². The average Bonchev–Trinajstić information content (AvgIpc) is 0.825. The predicted molar refractivity (Wildman–Crippen MR) is 390 cm³/mol. The van der Waals surface area contributed by atoms with Crippen molar-refractivity contribution in [3.63, 3.8) is 0 Å². The summed E-state index contributed by atoms with van der Waals surface area (Å²) >= 11 is 0. The van der Waals surface area contributed by atoms with Gasteiger partial charge in [0.25, 0.3) is 0 Å². The maximum Gasteiger partial charge on any atom is 0.331 e. The van der Waals surface area contributed by atoms with E-state index in [1.807, 2.05) is 0 Å². The Hall–Kier alpha value is 1.02. The lowest BCUT2D eigenvalue weighted by atomic mass is 10.5. The third-order valence-corrected chi connectivity index (χ3v) is 53.3. The fourth-order valence-electron chi connectivity index (χ4n) is 10.6. The maximum atomic E-state index is 7.65. The van der Waals surface area contributed by atoms with Crippen molar-refractivity contribution in [1.29, 1.82) is 0 Å². The first kappa shape index (κ1) is 93.1. The van der Waals surface area contributed by atoms with Crippen molar-refractivity contribution in [2.24, 2.45) is 0 Å². The van der Waals surface area contributed by atoms with E-state index in [1.54, 1.807) is 0 Å². The molecule has 0 saturated heterocycles. The minimum Gasteiger partial charge on any atom is -0.415 e. The summed E-state index contributed by atoms with van der Waals surface area (Å²) in [7, 11) is -22.4. The number of ether oxygens (including phenoxy) is 8. The lowest BCUT2D eigenvalue weighted by molar-refractivity contribution is 0.0768. The molecule has 0 fully saturated rings. The topological polar surface area (TPSA) is 166 Å². The zero-order chi connectivity index (χ0) is 68.5. The highest BCUT2D eigenvalue weighted by Gasteiger charge is 2.57. The van der Waals surface area contributed by atoms with Crippen LogP contribution in [0.3, 0.4) is 0 Å². The zero-order valence-electron chi connectivity index (χ0n) is 63.1. The van der Waals surface area contributed by atoms with Gasteiger partial charge in [0, 0.05) is 154 Å². The van der Waals surface area contributed by atoms with Gasteiger partial charge in [-0.2, -0.15) is 0 Å². The number of hydrogen-bond donors (Lipinski definition) is 0. The van der Waals surface area contributed by atoms with Crippen molar-refractivity contribution >= 4 is 68.5 Å². The Bertz CT molecular complexity index is 1540. The zero-order valence-corrected chi connectivity index (χ0v) is 71.1. The van der Waals surface area contributed by atoms with E-state index >= 15 is 0 Å². The van der Waals surface area contributed by atoms with E-state index in [0.29, 0.717) is 91.4 Å². The normalized spacial score (nSPS) is 17.7. The van der Waals surface area contributed by atoms with Gasteiger partial charge in [0.15, 0.2) is 0 Å². The summed E-state index contributed by atoms with van der Waals surface area (Å²) in [5.41, 5.74) is 0. The van der Waals surface area contributed by atoms with Gasteiger partial charge in [0.2, 0.25) is 0 Å². The van der Waals surface area contributed by atoms with Gasteiger partial charge in [-0.25, -0.2) is 0 Å². The molecule has 90 heavy (non-hydrogen) atoms. The molecule has 8 atom stereocenters. The van der Waals surface area contributed by atoms with Gasteiger partial charge < -0.3 is 80.3 Å². The minimum atomic E-state index is -2.95. The molecule has 0 aromatic heterocycles. The Morgan fingerprint density at radius 1 is 0.200 bits per heavy atom. The van der Waals surface area contributed by atoms with Crippen LogP contribution in [0.5, 0.6) is 0 Å². The molecule has 0 heterocycles. The molecule has 0 aliphatic heterocycles. The van der Waals surface area contributed by atoms with Gasteiger partial charge in [-0.3, -0.25) is 0 Å². The lowest BCUT2D eigenvalue weighted by Gasteiger charge is -2.47. The molecule has 0 bridgehead atoms. The Balaban J connectivity index is 0. The van der Waals surface area contributed by atoms with Crippen LogP contribution in [0.15, 0.2) is 0 Å². The molecule has 0 aliphatic rings. The second-order valence-electron chi connectivity index (χ2n) is 24.6. The molecule has 18 nitrogen and oxygen atoms in total. The van der Waals surface area contributed by atoms with Crippen LogP contribution in [-0.2, 0) is 80.3 Å². The molecule has 0 amide bonds. The third kappa shape index (κ3) is 39.0. The molecule has 0 aromatic carbocycles. The molecule has 0 spiro atoms. The molecular weight excluding hydrogens is 1280 g/mol. The van der Waals surface area contributed by atoms with Gasteiger partial charge in [-0.15, -0.1) is 0 Å². The molecule has 0 aromatic rings. The van der Waals surface area contributed by atoms with Gasteiger partial charge in [0.1, 0.15) is 0 Å². The third-order valence-electron chi connectivity index (χ3n) is 15.8. The molecule has 544 valence electrons. The van der Waals surface area contributed by atoms with Crippen LogP contribution in [0.1, 0.15) is 192 Å². The highest BCUT2D eigenvalue weighted by atomic mass is 28.5. The summed E-state index contributed by atoms with van der Waals surface area (Å²) in [6.45, 7) is 61.2. The molecule has 0 radical (unpaired) electrons. The van der Waals surface area contributed by atoms with Gasteiger partial charge in [-0.05, 0) is 157 Å². The quantitative estimate of drug-likeness (QED) is 0.0416. The highest BCUT2D eigenvalue weighted by Crippen LogP contribution is 2.40. The van der Waals surface area contributed by atoms with E-state index in [4.69, 9.17) is 80.3 Å².